The van der Waals surface area contributed by atoms with E-state index in [9.17, 15) is 65.9 Å². The molecule has 0 spiro atoms. The fourth-order valence-corrected chi connectivity index (χ4v) is 4.39. The lowest BCUT2D eigenvalue weighted by Gasteiger charge is -2.36. The molecule has 3 rings (SSSR count). The van der Waals surface area contributed by atoms with Crippen LogP contribution < -0.4 is 4.74 Å². The summed E-state index contributed by atoms with van der Waals surface area (Å²) >= 11 is 0. The van der Waals surface area contributed by atoms with Gasteiger partial charge in [0, 0.05) is 18.0 Å². The summed E-state index contributed by atoms with van der Waals surface area (Å²) in [5.74, 6) is -15.8. The summed E-state index contributed by atoms with van der Waals surface area (Å²) < 4.78 is 206. The van der Waals surface area contributed by atoms with Gasteiger partial charge in [-0.05, 0) is 41.7 Å². The summed E-state index contributed by atoms with van der Waals surface area (Å²) in [7, 11) is 0. The molecule has 5 nitrogen and oxygen atoms in total. The maximum absolute atomic E-state index is 14.0. The Hall–Kier alpha value is -3.81. The summed E-state index contributed by atoms with van der Waals surface area (Å²) in [6.45, 7) is -0.198. The average molecular weight is 775 g/mol. The summed E-state index contributed by atoms with van der Waals surface area (Å²) in [5.41, 5.74) is 2.71. The summed E-state index contributed by atoms with van der Waals surface area (Å²) in [4.78, 5) is 8.77. The first kappa shape index (κ1) is 42.6. The fourth-order valence-electron chi connectivity index (χ4n) is 4.39. The van der Waals surface area contributed by atoms with Gasteiger partial charge in [-0.25, -0.2) is 19.4 Å². The predicted molar refractivity (Wildman–Crippen MR) is 153 cm³/mol. The van der Waals surface area contributed by atoms with Gasteiger partial charge in [0.25, 0.3) is 0 Å². The van der Waals surface area contributed by atoms with Gasteiger partial charge in [-0.15, -0.1) is 0 Å². The lowest BCUT2D eigenvalue weighted by molar-refractivity contribution is -0.542. The maximum Gasteiger partial charge on any atom is 0.460 e. The van der Waals surface area contributed by atoms with Crippen LogP contribution in [0.25, 0.3) is 22.5 Å². The van der Waals surface area contributed by atoms with E-state index in [1.807, 2.05) is 0 Å². The molecular formula is C32H29F15N2O3. The number of nitrogens with zero attached hydrogens (tertiary/aromatic N) is 2. The first-order valence-corrected chi connectivity index (χ1v) is 15.2. The zero-order valence-electron chi connectivity index (χ0n) is 26.7. The van der Waals surface area contributed by atoms with Crippen molar-refractivity contribution >= 4 is 0 Å². The molecule has 0 aliphatic rings. The molecule has 0 aliphatic carbocycles. The van der Waals surface area contributed by atoms with Crippen molar-refractivity contribution in [2.45, 2.75) is 94.3 Å². The van der Waals surface area contributed by atoms with Crippen molar-refractivity contribution in [3.8, 4) is 28.3 Å². The SMILES string of the molecule is CCCCCCCCc1cnc(-c2ccc(-c3ccc(OCC(F)(F)OC(F)(F)C(F)(F)OC(F)(F)C(F)(F)C(F)(F)C(F)(F)F)cc3)cc2)nc1. The molecule has 20 heteroatoms. The molecule has 1 heterocycles. The zero-order valence-corrected chi connectivity index (χ0v) is 26.7. The second kappa shape index (κ2) is 16.1. The molecule has 0 atom stereocenters. The van der Waals surface area contributed by atoms with E-state index in [-0.39, 0.29) is 0 Å². The Kier molecular flexibility index (Phi) is 13.2. The fraction of sp³-hybridized carbons (Fsp3) is 0.500. The van der Waals surface area contributed by atoms with Crippen molar-refractivity contribution in [2.75, 3.05) is 6.61 Å². The molecule has 0 unspecified atom stereocenters. The molecule has 52 heavy (non-hydrogen) atoms. The molecule has 2 aromatic carbocycles. The van der Waals surface area contributed by atoms with Crippen LogP contribution in [-0.2, 0) is 15.9 Å². The van der Waals surface area contributed by atoms with E-state index in [1.54, 1.807) is 41.4 Å². The van der Waals surface area contributed by atoms with Crippen molar-refractivity contribution in [1.82, 2.24) is 9.97 Å². The normalized spacial score (nSPS) is 13.8. The van der Waals surface area contributed by atoms with Gasteiger partial charge in [0.15, 0.2) is 12.4 Å². The lowest BCUT2D eigenvalue weighted by Crippen LogP contribution is -2.64. The molecule has 0 saturated carbocycles. The molecule has 3 aromatic rings. The van der Waals surface area contributed by atoms with Crippen LogP contribution in [0.2, 0.25) is 0 Å². The van der Waals surface area contributed by atoms with Crippen molar-refractivity contribution in [1.29, 1.82) is 0 Å². The first-order valence-electron chi connectivity index (χ1n) is 15.2. The van der Waals surface area contributed by atoms with E-state index >= 15 is 0 Å². The Labute approximate surface area is 286 Å². The third kappa shape index (κ3) is 10.2. The van der Waals surface area contributed by atoms with E-state index in [0.717, 1.165) is 37.0 Å². The first-order chi connectivity index (χ1) is 23.9. The Morgan fingerprint density at radius 3 is 1.50 bits per heavy atom. The van der Waals surface area contributed by atoms with Gasteiger partial charge in [-0.1, -0.05) is 75.4 Å². The molecule has 0 bridgehead atoms. The largest absolute Gasteiger partial charge is 0.484 e. The number of rotatable bonds is 19. The van der Waals surface area contributed by atoms with Crippen molar-refractivity contribution in [2.24, 2.45) is 0 Å². The number of unbranched alkanes of at least 4 members (excludes halogenated alkanes) is 5. The van der Waals surface area contributed by atoms with Crippen LogP contribution in [0.3, 0.4) is 0 Å². The Morgan fingerprint density at radius 2 is 0.981 bits per heavy atom. The van der Waals surface area contributed by atoms with Crippen LogP contribution in [0.5, 0.6) is 5.75 Å². The van der Waals surface area contributed by atoms with E-state index in [0.29, 0.717) is 22.5 Å². The molecule has 290 valence electrons. The minimum atomic E-state index is -7.93. The zero-order chi connectivity index (χ0) is 39.2. The van der Waals surface area contributed by atoms with Crippen LogP contribution in [0.4, 0.5) is 65.9 Å². The van der Waals surface area contributed by atoms with Crippen molar-refractivity contribution < 1.29 is 80.1 Å². The smallest absolute Gasteiger partial charge is 0.460 e. The number of hydrogen-bond donors (Lipinski definition) is 0. The van der Waals surface area contributed by atoms with Gasteiger partial charge in [0.2, 0.25) is 0 Å². The molecule has 0 aliphatic heterocycles. The van der Waals surface area contributed by atoms with E-state index < -0.39 is 54.8 Å². The van der Waals surface area contributed by atoms with Crippen LogP contribution in [0.15, 0.2) is 60.9 Å². The molecule has 0 fully saturated rings. The highest BCUT2D eigenvalue weighted by Crippen LogP contribution is 2.56. The van der Waals surface area contributed by atoms with Gasteiger partial charge in [-0.3, -0.25) is 0 Å². The number of benzene rings is 2. The molecule has 0 amide bonds. The molecule has 0 N–H and O–H groups in total. The minimum Gasteiger partial charge on any atom is -0.484 e. The summed E-state index contributed by atoms with van der Waals surface area (Å²) in [5, 5.41) is 0. The Bertz CT molecular complexity index is 1570. The van der Waals surface area contributed by atoms with E-state index in [1.165, 1.54) is 37.8 Å². The maximum atomic E-state index is 14.0. The topological polar surface area (TPSA) is 53.5 Å². The van der Waals surface area contributed by atoms with Crippen LogP contribution >= 0.6 is 0 Å². The van der Waals surface area contributed by atoms with Crippen LogP contribution in [-0.4, -0.2) is 59.0 Å². The van der Waals surface area contributed by atoms with Crippen molar-refractivity contribution in [3.63, 3.8) is 0 Å². The number of alkyl halides is 15. The summed E-state index contributed by atoms with van der Waals surface area (Å²) in [6.07, 6.45) is -23.9. The number of aromatic nitrogens is 2. The number of hydrogen-bond acceptors (Lipinski definition) is 5. The Morgan fingerprint density at radius 1 is 0.519 bits per heavy atom. The average Bonchev–Trinajstić information content (AvgIpc) is 3.04. The standard InChI is InChI=1S/C32H29F15N2O3/c1-2-3-4-5-6-7-8-20-17-48-25(49-18-20)23-11-9-21(10-12-23)22-13-15-24(16-14-22)50-19-26(33,34)51-31(44,45)32(46,47)52-30(42,43)28(37,38)27(35,36)29(39,40)41/h9-18H,2-8,19H2,1H3. The monoisotopic (exact) mass is 774 g/mol. The third-order valence-electron chi connectivity index (χ3n) is 7.25. The van der Waals surface area contributed by atoms with E-state index in [2.05, 4.69) is 26.4 Å². The molecule has 0 saturated heterocycles. The van der Waals surface area contributed by atoms with Gasteiger partial charge in [0.05, 0.1) is 0 Å². The van der Waals surface area contributed by atoms with Crippen LogP contribution in [0.1, 0.15) is 51.0 Å². The third-order valence-corrected chi connectivity index (χ3v) is 7.25. The van der Waals surface area contributed by atoms with Gasteiger partial charge < -0.3 is 4.74 Å². The Balaban J connectivity index is 1.58. The molecule has 0 radical (unpaired) electrons. The highest BCUT2D eigenvalue weighted by molar-refractivity contribution is 5.68. The summed E-state index contributed by atoms with van der Waals surface area (Å²) in [6, 6.07) is 11.3. The van der Waals surface area contributed by atoms with Gasteiger partial charge in [-0.2, -0.15) is 65.9 Å². The number of halogens is 15. The van der Waals surface area contributed by atoms with Gasteiger partial charge in [0.1, 0.15) is 5.75 Å². The number of ether oxygens (including phenoxy) is 3. The quantitative estimate of drug-likeness (QED) is 0.0897. The highest BCUT2D eigenvalue weighted by Gasteiger charge is 2.85. The lowest BCUT2D eigenvalue weighted by atomic mass is 10.0. The predicted octanol–water partition coefficient (Wildman–Crippen LogP) is 11.3. The molecular weight excluding hydrogens is 745 g/mol. The van der Waals surface area contributed by atoms with Crippen LogP contribution in [0, 0.1) is 0 Å². The highest BCUT2D eigenvalue weighted by atomic mass is 19.4. The number of aryl methyl sites for hydroxylation is 1. The molecule has 1 aromatic heterocycles. The second-order valence-electron chi connectivity index (χ2n) is 11.4. The van der Waals surface area contributed by atoms with Crippen molar-refractivity contribution in [3.05, 3.63) is 66.5 Å². The minimum absolute atomic E-state index is 0.453. The van der Waals surface area contributed by atoms with Gasteiger partial charge >= 0.3 is 42.5 Å². The second-order valence-corrected chi connectivity index (χ2v) is 11.4. The van der Waals surface area contributed by atoms with E-state index in [4.69, 9.17) is 0 Å².